The molecule has 0 radical (unpaired) electrons. The van der Waals surface area contributed by atoms with Crippen molar-refractivity contribution in [1.82, 2.24) is 19.5 Å². The van der Waals surface area contributed by atoms with Gasteiger partial charge in [0.15, 0.2) is 0 Å². The molecule has 0 aliphatic carbocycles. The highest BCUT2D eigenvalue weighted by Crippen LogP contribution is 2.34. The third-order valence-corrected chi connectivity index (χ3v) is 6.47. The van der Waals surface area contributed by atoms with Gasteiger partial charge in [0.1, 0.15) is 11.3 Å². The van der Waals surface area contributed by atoms with E-state index in [0.717, 1.165) is 51.7 Å². The van der Waals surface area contributed by atoms with Crippen LogP contribution in [0.5, 0.6) is 0 Å². The maximum Gasteiger partial charge on any atom is 0.232 e. The Labute approximate surface area is 197 Å². The Balaban J connectivity index is 1.62. The molecule has 1 aromatic carbocycles. The van der Waals surface area contributed by atoms with E-state index in [-0.39, 0.29) is 24.5 Å². The van der Waals surface area contributed by atoms with Crippen molar-refractivity contribution in [1.29, 1.82) is 5.26 Å². The zero-order valence-electron chi connectivity index (χ0n) is 19.5. The van der Waals surface area contributed by atoms with Crippen molar-refractivity contribution in [3.63, 3.8) is 0 Å². The van der Waals surface area contributed by atoms with Crippen molar-refractivity contribution in [2.24, 2.45) is 0 Å². The van der Waals surface area contributed by atoms with Gasteiger partial charge in [-0.15, -0.1) is 0 Å². The average molecular weight is 455 g/mol. The van der Waals surface area contributed by atoms with Gasteiger partial charge in [-0.3, -0.25) is 14.8 Å². The highest BCUT2D eigenvalue weighted by molar-refractivity contribution is 6.03. The second-order valence-electron chi connectivity index (χ2n) is 8.91. The zero-order valence-corrected chi connectivity index (χ0v) is 19.5. The predicted octanol–water partition coefficient (Wildman–Crippen LogP) is 4.39. The van der Waals surface area contributed by atoms with Crippen molar-refractivity contribution >= 4 is 33.5 Å². The number of carbonyl (C=O) groups is 1. The number of benzene rings is 1. The first-order valence-corrected chi connectivity index (χ1v) is 11.5. The standard InChI is InChI=1S/C26H26N6O2/c1-15-6-8-28-17(3)25(15)31-24(33)12-23-30-22-14-29-21-5-4-18(13-27)11-20(21)26(22)32(23)19-7-9-34-16(2)10-19/h4-6,8,11,14,16,19H,7,9-10,12H2,1-3H3,(H,31,33)/t16-,19-/m1/s1. The number of imidazole rings is 1. The van der Waals surface area contributed by atoms with Gasteiger partial charge in [0.05, 0.1) is 52.8 Å². The SMILES string of the molecule is Cc1ccnc(C)c1NC(=O)Cc1nc2cnc3ccc(C#N)cc3c2n1[C@@H]1CCO[C@H](C)C1. The summed E-state index contributed by atoms with van der Waals surface area (Å²) in [5.41, 5.74) is 5.48. The second-order valence-corrected chi connectivity index (χ2v) is 8.91. The van der Waals surface area contributed by atoms with E-state index in [1.165, 1.54) is 0 Å². The number of amides is 1. The molecular weight excluding hydrogens is 428 g/mol. The van der Waals surface area contributed by atoms with Crippen LogP contribution in [-0.2, 0) is 16.0 Å². The minimum Gasteiger partial charge on any atom is -0.378 e. The molecule has 4 heterocycles. The predicted molar refractivity (Wildman–Crippen MR) is 129 cm³/mol. The molecule has 0 unspecified atom stereocenters. The Morgan fingerprint density at radius 3 is 2.88 bits per heavy atom. The summed E-state index contributed by atoms with van der Waals surface area (Å²) in [5, 5.41) is 13.4. The van der Waals surface area contributed by atoms with E-state index in [1.54, 1.807) is 18.5 Å². The molecule has 8 heteroatoms. The normalized spacial score (nSPS) is 18.2. The van der Waals surface area contributed by atoms with Crippen LogP contribution in [0.25, 0.3) is 21.9 Å². The van der Waals surface area contributed by atoms with Crippen molar-refractivity contribution in [2.45, 2.75) is 52.2 Å². The first kappa shape index (κ1) is 22.0. The number of nitrogens with zero attached hydrogens (tertiary/aromatic N) is 5. The Morgan fingerprint density at radius 1 is 1.26 bits per heavy atom. The van der Waals surface area contributed by atoms with E-state index in [4.69, 9.17) is 9.72 Å². The third kappa shape index (κ3) is 3.99. The van der Waals surface area contributed by atoms with Gasteiger partial charge < -0.3 is 14.6 Å². The fraction of sp³-hybridized carbons (Fsp3) is 0.346. The van der Waals surface area contributed by atoms with Crippen LogP contribution in [0.15, 0.2) is 36.7 Å². The van der Waals surface area contributed by atoms with Crippen LogP contribution < -0.4 is 5.32 Å². The number of nitriles is 1. The molecule has 1 fully saturated rings. The monoisotopic (exact) mass is 454 g/mol. The molecule has 1 amide bonds. The van der Waals surface area contributed by atoms with Crippen LogP contribution in [0.2, 0.25) is 0 Å². The van der Waals surface area contributed by atoms with Gasteiger partial charge in [0.2, 0.25) is 5.91 Å². The van der Waals surface area contributed by atoms with Gasteiger partial charge in [-0.2, -0.15) is 5.26 Å². The minimum atomic E-state index is -0.147. The number of rotatable bonds is 4. The molecule has 1 N–H and O–H groups in total. The van der Waals surface area contributed by atoms with Gasteiger partial charge in [-0.05, 0) is 63.4 Å². The Morgan fingerprint density at radius 2 is 2.12 bits per heavy atom. The fourth-order valence-electron chi connectivity index (χ4n) is 4.83. The third-order valence-electron chi connectivity index (χ3n) is 6.47. The van der Waals surface area contributed by atoms with Crippen molar-refractivity contribution in [3.8, 4) is 6.07 Å². The number of anilines is 1. The molecule has 1 aliphatic heterocycles. The van der Waals surface area contributed by atoms with E-state index >= 15 is 0 Å². The Hall–Kier alpha value is -3.83. The molecule has 34 heavy (non-hydrogen) atoms. The van der Waals surface area contributed by atoms with Gasteiger partial charge >= 0.3 is 0 Å². The van der Waals surface area contributed by atoms with Crippen LogP contribution in [0.3, 0.4) is 0 Å². The lowest BCUT2D eigenvalue weighted by Crippen LogP contribution is -2.28. The first-order valence-electron chi connectivity index (χ1n) is 11.5. The van der Waals surface area contributed by atoms with Crippen LogP contribution >= 0.6 is 0 Å². The van der Waals surface area contributed by atoms with E-state index in [9.17, 15) is 10.1 Å². The summed E-state index contributed by atoms with van der Waals surface area (Å²) in [5.74, 6) is 0.535. The van der Waals surface area contributed by atoms with Crippen molar-refractivity contribution in [2.75, 3.05) is 11.9 Å². The molecule has 8 nitrogen and oxygen atoms in total. The molecule has 172 valence electrons. The van der Waals surface area contributed by atoms with Crippen LogP contribution in [0.4, 0.5) is 5.69 Å². The van der Waals surface area contributed by atoms with E-state index in [1.807, 2.05) is 32.0 Å². The van der Waals surface area contributed by atoms with Gasteiger partial charge in [0, 0.05) is 24.2 Å². The Kier molecular flexibility index (Phi) is 5.72. The highest BCUT2D eigenvalue weighted by atomic mass is 16.5. The fourth-order valence-corrected chi connectivity index (χ4v) is 4.83. The molecule has 0 saturated carbocycles. The number of pyridine rings is 2. The molecule has 0 bridgehead atoms. The van der Waals surface area contributed by atoms with Gasteiger partial charge in [-0.25, -0.2) is 4.98 Å². The number of hydrogen-bond donors (Lipinski definition) is 1. The molecule has 1 saturated heterocycles. The van der Waals surface area contributed by atoms with Gasteiger partial charge in [0.25, 0.3) is 0 Å². The smallest absolute Gasteiger partial charge is 0.232 e. The summed E-state index contributed by atoms with van der Waals surface area (Å²) in [4.78, 5) is 26.8. The van der Waals surface area contributed by atoms with Crippen molar-refractivity contribution < 1.29 is 9.53 Å². The lowest BCUT2D eigenvalue weighted by Gasteiger charge is -2.30. The van der Waals surface area contributed by atoms with E-state index < -0.39 is 0 Å². The number of aromatic nitrogens is 4. The summed E-state index contributed by atoms with van der Waals surface area (Å²) < 4.78 is 7.98. The number of ether oxygens (including phenoxy) is 1. The Bertz CT molecular complexity index is 1430. The van der Waals surface area contributed by atoms with E-state index in [2.05, 4.69) is 32.8 Å². The van der Waals surface area contributed by atoms with Crippen LogP contribution in [0, 0.1) is 25.2 Å². The first-order chi connectivity index (χ1) is 16.4. The largest absolute Gasteiger partial charge is 0.378 e. The van der Waals surface area contributed by atoms with E-state index in [0.29, 0.717) is 18.0 Å². The molecule has 4 aromatic rings. The second kappa shape index (κ2) is 8.84. The minimum absolute atomic E-state index is 0.112. The lowest BCUT2D eigenvalue weighted by molar-refractivity contribution is -0.115. The molecule has 3 aromatic heterocycles. The molecular formula is C26H26N6O2. The van der Waals surface area contributed by atoms with Gasteiger partial charge in [-0.1, -0.05) is 0 Å². The summed E-state index contributed by atoms with van der Waals surface area (Å²) >= 11 is 0. The summed E-state index contributed by atoms with van der Waals surface area (Å²) in [6, 6.07) is 9.72. The number of nitrogens with one attached hydrogen (secondary N) is 1. The quantitative estimate of drug-likeness (QED) is 0.490. The van der Waals surface area contributed by atoms with Crippen molar-refractivity contribution in [3.05, 3.63) is 59.3 Å². The average Bonchev–Trinajstić information content (AvgIpc) is 3.19. The molecule has 5 rings (SSSR count). The number of carbonyl (C=O) groups excluding carboxylic acids is 1. The summed E-state index contributed by atoms with van der Waals surface area (Å²) in [6.07, 6.45) is 5.37. The topological polar surface area (TPSA) is 106 Å². The number of hydrogen-bond acceptors (Lipinski definition) is 6. The van der Waals surface area contributed by atoms with Crippen LogP contribution in [0.1, 0.15) is 48.5 Å². The number of fused-ring (bicyclic) bond motifs is 3. The maximum absolute atomic E-state index is 13.2. The number of aryl methyl sites for hydroxylation is 2. The van der Waals surface area contributed by atoms with Crippen LogP contribution in [-0.4, -0.2) is 38.1 Å². The molecule has 1 aliphatic rings. The summed E-state index contributed by atoms with van der Waals surface area (Å²) in [6.45, 7) is 6.55. The maximum atomic E-state index is 13.2. The zero-order chi connectivity index (χ0) is 23.8. The highest BCUT2D eigenvalue weighted by Gasteiger charge is 2.27. The summed E-state index contributed by atoms with van der Waals surface area (Å²) in [7, 11) is 0. The lowest BCUT2D eigenvalue weighted by atomic mass is 10.0. The molecule has 2 atom stereocenters. The molecule has 0 spiro atoms.